The average molecular weight is 493 g/mol. The largest absolute Gasteiger partial charge is 0.479 e. The monoisotopic (exact) mass is 492 g/mol. The molecule has 1 aliphatic carbocycles. The number of nitrogens with zero attached hydrogens (tertiary/aromatic N) is 4. The first kappa shape index (κ1) is 23.8. The van der Waals surface area contributed by atoms with Crippen LogP contribution in [0, 0.1) is 0 Å². The molecule has 0 bridgehead atoms. The van der Waals surface area contributed by atoms with E-state index in [0.717, 1.165) is 19.3 Å². The number of benzene rings is 1. The SMILES string of the molecule is CC(C)S(=O)(=O)N1CCN(c2cnn(-c3cccc(Cl)c3)c(=O)c2OC2C=CCCC2)CC1. The molecular formula is C23H29ClN4O4S. The van der Waals surface area contributed by atoms with E-state index in [1.165, 1.54) is 8.99 Å². The van der Waals surface area contributed by atoms with Crippen LogP contribution >= 0.6 is 11.6 Å². The van der Waals surface area contributed by atoms with Gasteiger partial charge in [0.05, 0.1) is 17.1 Å². The lowest BCUT2D eigenvalue weighted by atomic mass is 10.1. The van der Waals surface area contributed by atoms with Gasteiger partial charge in [-0.25, -0.2) is 8.42 Å². The van der Waals surface area contributed by atoms with Crippen LogP contribution < -0.4 is 15.2 Å². The van der Waals surface area contributed by atoms with E-state index in [4.69, 9.17) is 16.3 Å². The Hall–Kier alpha value is -2.36. The number of anilines is 1. The molecule has 1 unspecified atom stereocenters. The summed E-state index contributed by atoms with van der Waals surface area (Å²) in [6, 6.07) is 6.94. The Bertz CT molecular complexity index is 1190. The van der Waals surface area contributed by atoms with Gasteiger partial charge in [0, 0.05) is 31.2 Å². The Labute approximate surface area is 199 Å². The summed E-state index contributed by atoms with van der Waals surface area (Å²) in [7, 11) is -3.32. The molecule has 2 aliphatic rings. The molecule has 8 nitrogen and oxygen atoms in total. The first-order valence-electron chi connectivity index (χ1n) is 11.2. The lowest BCUT2D eigenvalue weighted by Gasteiger charge is -2.36. The van der Waals surface area contributed by atoms with E-state index in [2.05, 4.69) is 11.2 Å². The Morgan fingerprint density at radius 1 is 1.18 bits per heavy atom. The summed E-state index contributed by atoms with van der Waals surface area (Å²) in [6.07, 6.45) is 8.32. The molecule has 2 aromatic rings. The average Bonchev–Trinajstić information content (AvgIpc) is 2.81. The molecule has 178 valence electrons. The number of rotatable bonds is 6. The first-order valence-corrected chi connectivity index (χ1v) is 13.1. The van der Waals surface area contributed by atoms with E-state index in [9.17, 15) is 13.2 Å². The molecular weight excluding hydrogens is 464 g/mol. The second-order valence-corrected chi connectivity index (χ2v) is 11.5. The molecule has 4 rings (SSSR count). The molecule has 0 N–H and O–H groups in total. The Morgan fingerprint density at radius 3 is 2.58 bits per heavy atom. The predicted octanol–water partition coefficient (Wildman–Crippen LogP) is 3.23. The van der Waals surface area contributed by atoms with Crippen LogP contribution in [0.2, 0.25) is 5.02 Å². The normalized spacial score (nSPS) is 19.8. The van der Waals surface area contributed by atoms with Gasteiger partial charge in [-0.3, -0.25) is 4.79 Å². The molecule has 2 heterocycles. The van der Waals surface area contributed by atoms with Gasteiger partial charge in [-0.05, 0) is 57.4 Å². The minimum atomic E-state index is -3.32. The smallest absolute Gasteiger partial charge is 0.316 e. The minimum Gasteiger partial charge on any atom is -0.479 e. The van der Waals surface area contributed by atoms with E-state index >= 15 is 0 Å². The topological polar surface area (TPSA) is 84.7 Å². The van der Waals surface area contributed by atoms with Crippen molar-refractivity contribution < 1.29 is 13.2 Å². The zero-order chi connectivity index (χ0) is 23.6. The van der Waals surface area contributed by atoms with Crippen LogP contribution in [0.5, 0.6) is 5.75 Å². The van der Waals surface area contributed by atoms with Gasteiger partial charge in [0.25, 0.3) is 0 Å². The van der Waals surface area contributed by atoms with Gasteiger partial charge in [-0.1, -0.05) is 23.7 Å². The van der Waals surface area contributed by atoms with Crippen LogP contribution in [-0.2, 0) is 10.0 Å². The van der Waals surface area contributed by atoms with Gasteiger partial charge in [0.15, 0.2) is 0 Å². The number of halogens is 1. The molecule has 10 heteroatoms. The molecule has 1 aromatic carbocycles. The summed E-state index contributed by atoms with van der Waals surface area (Å²) in [5, 5.41) is 4.43. The van der Waals surface area contributed by atoms with Crippen molar-refractivity contribution in [2.75, 3.05) is 31.1 Å². The third-order valence-electron chi connectivity index (χ3n) is 5.98. The fourth-order valence-corrected chi connectivity index (χ4v) is 5.52. The standard InChI is InChI=1S/C23H29ClN4O4S/c1-17(2)33(30,31)27-13-11-26(12-14-27)21-16-25-28(19-8-6-7-18(24)15-19)23(29)22(21)32-20-9-4-3-5-10-20/h4,6-9,15-17,20H,3,5,10-14H2,1-2H3. The number of ether oxygens (including phenoxy) is 1. The Morgan fingerprint density at radius 2 is 1.94 bits per heavy atom. The molecule has 1 aliphatic heterocycles. The molecule has 0 radical (unpaired) electrons. The van der Waals surface area contributed by atoms with Gasteiger partial charge >= 0.3 is 5.56 Å². The van der Waals surface area contributed by atoms with E-state index in [1.54, 1.807) is 44.3 Å². The zero-order valence-electron chi connectivity index (χ0n) is 18.9. The predicted molar refractivity (Wildman–Crippen MR) is 130 cm³/mol. The summed E-state index contributed by atoms with van der Waals surface area (Å²) in [4.78, 5) is 15.5. The summed E-state index contributed by atoms with van der Waals surface area (Å²) in [5.74, 6) is 0.224. The lowest BCUT2D eigenvalue weighted by molar-refractivity contribution is 0.225. The first-order chi connectivity index (χ1) is 15.8. The van der Waals surface area contributed by atoms with Crippen LogP contribution in [0.3, 0.4) is 0 Å². The number of hydrogen-bond acceptors (Lipinski definition) is 6. The summed E-state index contributed by atoms with van der Waals surface area (Å²) in [5.41, 5.74) is 0.765. The van der Waals surface area contributed by atoms with Crippen molar-refractivity contribution in [2.24, 2.45) is 0 Å². The fourth-order valence-electron chi connectivity index (χ4n) is 4.07. The van der Waals surface area contributed by atoms with E-state index in [-0.39, 0.29) is 17.4 Å². The van der Waals surface area contributed by atoms with Crippen molar-refractivity contribution in [2.45, 2.75) is 44.5 Å². The quantitative estimate of drug-likeness (QED) is 0.575. The van der Waals surface area contributed by atoms with Gasteiger partial charge in [-0.2, -0.15) is 14.1 Å². The maximum Gasteiger partial charge on any atom is 0.316 e. The summed E-state index contributed by atoms with van der Waals surface area (Å²) in [6.45, 7) is 4.97. The zero-order valence-corrected chi connectivity index (χ0v) is 20.4. The van der Waals surface area contributed by atoms with Crippen LogP contribution in [-0.4, -0.2) is 60.0 Å². The minimum absolute atomic E-state index is 0.192. The molecule has 1 atom stereocenters. The number of aromatic nitrogens is 2. The van der Waals surface area contributed by atoms with Gasteiger partial charge in [0.1, 0.15) is 11.8 Å². The number of allylic oxidation sites excluding steroid dienone is 1. The summed E-state index contributed by atoms with van der Waals surface area (Å²) >= 11 is 6.12. The summed E-state index contributed by atoms with van der Waals surface area (Å²) < 4.78 is 34.1. The molecule has 0 amide bonds. The van der Waals surface area contributed by atoms with Gasteiger partial charge in [-0.15, -0.1) is 0 Å². The highest BCUT2D eigenvalue weighted by Gasteiger charge is 2.31. The third kappa shape index (κ3) is 5.10. The second-order valence-electron chi connectivity index (χ2n) is 8.55. The van der Waals surface area contributed by atoms with Gasteiger partial charge in [0.2, 0.25) is 15.8 Å². The molecule has 1 saturated heterocycles. The molecule has 33 heavy (non-hydrogen) atoms. The van der Waals surface area contributed by atoms with Crippen molar-refractivity contribution in [3.63, 3.8) is 0 Å². The third-order valence-corrected chi connectivity index (χ3v) is 8.49. The molecule has 0 saturated carbocycles. The maximum atomic E-state index is 13.5. The van der Waals surface area contributed by atoms with Crippen molar-refractivity contribution in [1.29, 1.82) is 0 Å². The number of piperazine rings is 1. The van der Waals surface area contributed by atoms with Gasteiger partial charge < -0.3 is 9.64 Å². The number of sulfonamides is 1. The Balaban J connectivity index is 1.67. The van der Waals surface area contributed by atoms with Crippen LogP contribution in [0.25, 0.3) is 5.69 Å². The molecule has 1 aromatic heterocycles. The highest BCUT2D eigenvalue weighted by atomic mass is 35.5. The van der Waals surface area contributed by atoms with E-state index in [0.29, 0.717) is 42.6 Å². The lowest BCUT2D eigenvalue weighted by Crippen LogP contribution is -2.50. The fraction of sp³-hybridized carbons (Fsp3) is 0.478. The van der Waals surface area contributed by atoms with E-state index < -0.39 is 15.3 Å². The van der Waals surface area contributed by atoms with Crippen LogP contribution in [0.15, 0.2) is 47.4 Å². The van der Waals surface area contributed by atoms with Crippen molar-refractivity contribution >= 4 is 27.3 Å². The maximum absolute atomic E-state index is 13.5. The highest BCUT2D eigenvalue weighted by Crippen LogP contribution is 2.29. The Kier molecular flexibility index (Phi) is 7.11. The highest BCUT2D eigenvalue weighted by molar-refractivity contribution is 7.89. The van der Waals surface area contributed by atoms with Crippen LogP contribution in [0.4, 0.5) is 5.69 Å². The van der Waals surface area contributed by atoms with Crippen molar-refractivity contribution in [3.8, 4) is 11.4 Å². The van der Waals surface area contributed by atoms with Crippen LogP contribution in [0.1, 0.15) is 33.1 Å². The van der Waals surface area contributed by atoms with Crippen molar-refractivity contribution in [3.05, 3.63) is 58.0 Å². The second kappa shape index (κ2) is 9.87. The van der Waals surface area contributed by atoms with Crippen molar-refractivity contribution in [1.82, 2.24) is 14.1 Å². The molecule has 1 fully saturated rings. The number of hydrogen-bond donors (Lipinski definition) is 0. The van der Waals surface area contributed by atoms with E-state index in [1.807, 2.05) is 11.0 Å². The molecule has 0 spiro atoms.